The number of hydrogen-bond donors (Lipinski definition) is 0. The van der Waals surface area contributed by atoms with E-state index in [2.05, 4.69) is 6.58 Å². The second kappa shape index (κ2) is 5.53. The predicted octanol–water partition coefficient (Wildman–Crippen LogP) is 2.00. The van der Waals surface area contributed by atoms with E-state index in [1.54, 1.807) is 33.8 Å². The molecular formula is C11H19NO3. The average Bonchev–Trinajstić information content (AvgIpc) is 2.10. The minimum Gasteiger partial charge on any atom is -0.444 e. The van der Waals surface area contributed by atoms with E-state index in [4.69, 9.17) is 4.74 Å². The maximum Gasteiger partial charge on any atom is 0.411 e. The summed E-state index contributed by atoms with van der Waals surface area (Å²) in [5, 5.41) is 0. The Morgan fingerprint density at radius 1 is 1.53 bits per heavy atom. The van der Waals surface area contributed by atoms with E-state index in [0.29, 0.717) is 12.8 Å². The molecule has 0 aromatic heterocycles. The first-order chi connectivity index (χ1) is 6.81. The van der Waals surface area contributed by atoms with Crippen LogP contribution in [0.25, 0.3) is 0 Å². The van der Waals surface area contributed by atoms with Gasteiger partial charge < -0.3 is 9.53 Å². The molecule has 0 heterocycles. The van der Waals surface area contributed by atoms with Crippen molar-refractivity contribution in [2.24, 2.45) is 0 Å². The van der Waals surface area contributed by atoms with Crippen molar-refractivity contribution in [1.82, 2.24) is 4.90 Å². The number of carbonyl (C=O) groups is 2. The van der Waals surface area contributed by atoms with Crippen LogP contribution in [0.2, 0.25) is 0 Å². The maximum absolute atomic E-state index is 11.6. The van der Waals surface area contributed by atoms with E-state index >= 15 is 0 Å². The fourth-order valence-electron chi connectivity index (χ4n) is 0.940. The van der Waals surface area contributed by atoms with Gasteiger partial charge in [-0.3, -0.25) is 4.90 Å². The lowest BCUT2D eigenvalue weighted by atomic mass is 10.2. The van der Waals surface area contributed by atoms with Gasteiger partial charge in [0.05, 0.1) is 6.04 Å². The molecular weight excluding hydrogens is 194 g/mol. The monoisotopic (exact) mass is 213 g/mol. The van der Waals surface area contributed by atoms with Gasteiger partial charge in [0.2, 0.25) is 0 Å². The fourth-order valence-corrected chi connectivity index (χ4v) is 0.940. The van der Waals surface area contributed by atoms with E-state index < -0.39 is 17.7 Å². The van der Waals surface area contributed by atoms with Crippen LogP contribution < -0.4 is 0 Å². The van der Waals surface area contributed by atoms with Gasteiger partial charge in [-0.15, -0.1) is 6.58 Å². The molecule has 4 nitrogen and oxygen atoms in total. The van der Waals surface area contributed by atoms with E-state index in [9.17, 15) is 9.59 Å². The number of amides is 1. The number of hydrogen-bond acceptors (Lipinski definition) is 3. The summed E-state index contributed by atoms with van der Waals surface area (Å²) in [7, 11) is 0. The molecule has 86 valence electrons. The SMILES string of the molecule is C=CCN(C(=O)OC(C)(C)C)[C@@H](C)C=O. The topological polar surface area (TPSA) is 46.6 Å². The summed E-state index contributed by atoms with van der Waals surface area (Å²) in [5.74, 6) is 0. The van der Waals surface area contributed by atoms with Crippen molar-refractivity contribution in [2.45, 2.75) is 39.3 Å². The molecule has 0 aromatic rings. The van der Waals surface area contributed by atoms with Crippen LogP contribution in [0.3, 0.4) is 0 Å². The Morgan fingerprint density at radius 3 is 2.40 bits per heavy atom. The highest BCUT2D eigenvalue weighted by molar-refractivity contribution is 5.73. The summed E-state index contributed by atoms with van der Waals surface area (Å²) >= 11 is 0. The molecule has 1 amide bonds. The molecule has 0 aliphatic heterocycles. The number of carbonyl (C=O) groups excluding carboxylic acids is 2. The Balaban J connectivity index is 4.55. The van der Waals surface area contributed by atoms with Crippen LogP contribution >= 0.6 is 0 Å². The summed E-state index contributed by atoms with van der Waals surface area (Å²) < 4.78 is 5.16. The van der Waals surface area contributed by atoms with Crippen molar-refractivity contribution in [3.8, 4) is 0 Å². The second-order valence-corrected chi connectivity index (χ2v) is 4.30. The van der Waals surface area contributed by atoms with Gasteiger partial charge in [0.1, 0.15) is 11.9 Å². The van der Waals surface area contributed by atoms with Crippen molar-refractivity contribution in [1.29, 1.82) is 0 Å². The quantitative estimate of drug-likeness (QED) is 0.530. The predicted molar refractivity (Wildman–Crippen MR) is 58.7 cm³/mol. The van der Waals surface area contributed by atoms with Crippen molar-refractivity contribution in [2.75, 3.05) is 6.54 Å². The second-order valence-electron chi connectivity index (χ2n) is 4.30. The Kier molecular flexibility index (Phi) is 5.05. The standard InChI is InChI=1S/C11H19NO3/c1-6-7-12(9(2)8-13)10(14)15-11(3,4)5/h6,8-9H,1,7H2,2-5H3/t9-/m0/s1. The number of aldehydes is 1. The van der Waals surface area contributed by atoms with Crippen LogP contribution in [0.1, 0.15) is 27.7 Å². The lowest BCUT2D eigenvalue weighted by molar-refractivity contribution is -0.111. The maximum atomic E-state index is 11.6. The highest BCUT2D eigenvalue weighted by Crippen LogP contribution is 2.11. The molecule has 0 saturated carbocycles. The lowest BCUT2D eigenvalue weighted by Gasteiger charge is -2.28. The first kappa shape index (κ1) is 13.7. The summed E-state index contributed by atoms with van der Waals surface area (Å²) in [5.41, 5.74) is -0.556. The third kappa shape index (κ3) is 5.20. The van der Waals surface area contributed by atoms with Crippen molar-refractivity contribution in [3.05, 3.63) is 12.7 Å². The van der Waals surface area contributed by atoms with Gasteiger partial charge in [0, 0.05) is 6.54 Å². The van der Waals surface area contributed by atoms with Gasteiger partial charge in [0.25, 0.3) is 0 Å². The van der Waals surface area contributed by atoms with Gasteiger partial charge in [-0.05, 0) is 27.7 Å². The number of nitrogens with zero attached hydrogens (tertiary/aromatic N) is 1. The van der Waals surface area contributed by atoms with Crippen molar-refractivity contribution < 1.29 is 14.3 Å². The molecule has 0 aliphatic carbocycles. The minimum absolute atomic E-state index is 0.300. The summed E-state index contributed by atoms with van der Waals surface area (Å²) in [6.07, 6.45) is 1.76. The third-order valence-corrected chi connectivity index (χ3v) is 1.64. The van der Waals surface area contributed by atoms with Gasteiger partial charge in [0.15, 0.2) is 0 Å². The average molecular weight is 213 g/mol. The minimum atomic E-state index is -0.556. The Morgan fingerprint density at radius 2 is 2.07 bits per heavy atom. The molecule has 0 radical (unpaired) electrons. The van der Waals surface area contributed by atoms with Crippen LogP contribution in [0.5, 0.6) is 0 Å². The Bertz CT molecular complexity index is 243. The van der Waals surface area contributed by atoms with E-state index in [0.717, 1.165) is 0 Å². The summed E-state index contributed by atoms with van der Waals surface area (Å²) in [6, 6.07) is -0.502. The molecule has 0 rings (SSSR count). The van der Waals surface area contributed by atoms with Crippen LogP contribution in [0.4, 0.5) is 4.79 Å². The first-order valence-corrected chi connectivity index (χ1v) is 4.87. The summed E-state index contributed by atoms with van der Waals surface area (Å²) in [4.78, 5) is 23.6. The van der Waals surface area contributed by atoms with Gasteiger partial charge in [-0.25, -0.2) is 4.79 Å². The molecule has 0 spiro atoms. The van der Waals surface area contributed by atoms with Gasteiger partial charge in [-0.2, -0.15) is 0 Å². The first-order valence-electron chi connectivity index (χ1n) is 4.87. The normalized spacial score (nSPS) is 12.8. The molecule has 0 aliphatic rings. The zero-order valence-corrected chi connectivity index (χ0v) is 9.82. The van der Waals surface area contributed by atoms with E-state index in [1.807, 2.05) is 0 Å². The fraction of sp³-hybridized carbons (Fsp3) is 0.636. The zero-order valence-electron chi connectivity index (χ0n) is 9.82. The van der Waals surface area contributed by atoms with Crippen molar-refractivity contribution >= 4 is 12.4 Å². The van der Waals surface area contributed by atoms with Crippen molar-refractivity contribution in [3.63, 3.8) is 0 Å². The van der Waals surface area contributed by atoms with Crippen LogP contribution in [-0.2, 0) is 9.53 Å². The van der Waals surface area contributed by atoms with E-state index in [1.165, 1.54) is 4.90 Å². The molecule has 0 saturated heterocycles. The van der Waals surface area contributed by atoms with Gasteiger partial charge in [-0.1, -0.05) is 6.08 Å². The molecule has 0 aromatic carbocycles. The molecule has 1 atom stereocenters. The molecule has 0 bridgehead atoms. The van der Waals surface area contributed by atoms with Crippen LogP contribution in [0, 0.1) is 0 Å². The van der Waals surface area contributed by atoms with Crippen LogP contribution in [-0.4, -0.2) is 35.5 Å². The summed E-state index contributed by atoms with van der Waals surface area (Å²) in [6.45, 7) is 10.8. The van der Waals surface area contributed by atoms with Crippen LogP contribution in [0.15, 0.2) is 12.7 Å². The molecule has 0 unspecified atom stereocenters. The molecule has 0 fully saturated rings. The number of rotatable bonds is 4. The Hall–Kier alpha value is -1.32. The van der Waals surface area contributed by atoms with E-state index in [-0.39, 0.29) is 0 Å². The largest absolute Gasteiger partial charge is 0.444 e. The number of ether oxygens (including phenoxy) is 1. The molecule has 4 heteroatoms. The molecule has 15 heavy (non-hydrogen) atoms. The third-order valence-electron chi connectivity index (χ3n) is 1.64. The molecule has 0 N–H and O–H groups in total. The van der Waals surface area contributed by atoms with Gasteiger partial charge >= 0.3 is 6.09 Å². The Labute approximate surface area is 90.9 Å². The smallest absolute Gasteiger partial charge is 0.411 e. The zero-order chi connectivity index (χ0) is 12.1. The lowest BCUT2D eigenvalue weighted by Crippen LogP contribution is -2.42. The highest BCUT2D eigenvalue weighted by Gasteiger charge is 2.24. The highest BCUT2D eigenvalue weighted by atomic mass is 16.6.